The molecule has 4 rings (SSSR count). The Kier molecular flexibility index (Phi) is 4.24. The van der Waals surface area contributed by atoms with E-state index in [0.29, 0.717) is 17.3 Å². The number of piperidine rings is 1. The normalized spacial score (nSPS) is 15.8. The molecule has 0 atom stereocenters. The van der Waals surface area contributed by atoms with Gasteiger partial charge in [0, 0.05) is 17.9 Å². The third kappa shape index (κ3) is 2.88. The molecule has 1 aliphatic rings. The van der Waals surface area contributed by atoms with E-state index < -0.39 is 0 Å². The number of hydrogen-bond donors (Lipinski definition) is 3. The fraction of sp³-hybridized carbons (Fsp3) is 0.421. The van der Waals surface area contributed by atoms with Crippen LogP contribution in [0.4, 0.5) is 5.69 Å². The van der Waals surface area contributed by atoms with Gasteiger partial charge in [-0.25, -0.2) is 4.52 Å². The summed E-state index contributed by atoms with van der Waals surface area (Å²) in [5, 5.41) is 11.8. The summed E-state index contributed by atoms with van der Waals surface area (Å²) in [6.45, 7) is 5.58. The van der Waals surface area contributed by atoms with Gasteiger partial charge in [0.15, 0.2) is 0 Å². The number of anilines is 1. The van der Waals surface area contributed by atoms with Gasteiger partial charge in [-0.2, -0.15) is 5.10 Å². The van der Waals surface area contributed by atoms with E-state index in [1.54, 1.807) is 6.07 Å². The summed E-state index contributed by atoms with van der Waals surface area (Å²) in [4.78, 5) is 27.4. The maximum atomic E-state index is 12.3. The molecular formula is C19H23N5O2. The Balaban J connectivity index is 1.92. The van der Waals surface area contributed by atoms with Crippen LogP contribution in [0.25, 0.3) is 16.6 Å². The smallest absolute Gasteiger partial charge is 0.251 e. The number of aromatic nitrogens is 3. The molecule has 0 bridgehead atoms. The molecule has 0 spiro atoms. The van der Waals surface area contributed by atoms with E-state index >= 15 is 0 Å². The molecular weight excluding hydrogens is 330 g/mol. The molecule has 3 heterocycles. The van der Waals surface area contributed by atoms with E-state index in [-0.39, 0.29) is 17.4 Å². The van der Waals surface area contributed by atoms with Gasteiger partial charge in [-0.1, -0.05) is 19.9 Å². The molecule has 0 saturated carbocycles. The Labute approximate surface area is 150 Å². The molecule has 136 valence electrons. The number of rotatable bonds is 3. The summed E-state index contributed by atoms with van der Waals surface area (Å²) in [6.07, 6.45) is 1.96. The number of carbonyl (C=O) groups is 1. The zero-order valence-corrected chi connectivity index (χ0v) is 15.0. The van der Waals surface area contributed by atoms with Crippen LogP contribution in [-0.2, 0) is 4.79 Å². The van der Waals surface area contributed by atoms with Gasteiger partial charge in [0.1, 0.15) is 5.65 Å². The number of nitrogens with zero attached hydrogens (tertiary/aromatic N) is 2. The highest BCUT2D eigenvalue weighted by Gasteiger charge is 2.22. The molecule has 1 saturated heterocycles. The second-order valence-electron chi connectivity index (χ2n) is 7.19. The Bertz CT molecular complexity index is 1030. The van der Waals surface area contributed by atoms with Crippen LogP contribution in [0, 0.1) is 5.92 Å². The van der Waals surface area contributed by atoms with Gasteiger partial charge in [-0.15, -0.1) is 0 Å². The number of benzene rings is 1. The minimum atomic E-state index is -0.141. The van der Waals surface area contributed by atoms with Crippen molar-refractivity contribution in [1.29, 1.82) is 0 Å². The number of H-pyrrole nitrogens is 1. The third-order valence-electron chi connectivity index (χ3n) is 5.00. The molecule has 7 nitrogen and oxygen atoms in total. The minimum Gasteiger partial charge on any atom is -0.325 e. The van der Waals surface area contributed by atoms with Crippen molar-refractivity contribution in [3.05, 3.63) is 40.3 Å². The van der Waals surface area contributed by atoms with E-state index in [0.717, 1.165) is 42.5 Å². The van der Waals surface area contributed by atoms with E-state index in [1.807, 2.05) is 36.6 Å². The van der Waals surface area contributed by atoms with Crippen LogP contribution < -0.4 is 16.2 Å². The first-order valence-corrected chi connectivity index (χ1v) is 9.11. The second kappa shape index (κ2) is 6.57. The molecule has 1 aromatic carbocycles. The number of hydrogen-bond acceptors (Lipinski definition) is 4. The average Bonchev–Trinajstić information content (AvgIpc) is 3.01. The van der Waals surface area contributed by atoms with Crippen LogP contribution in [0.5, 0.6) is 0 Å². The van der Waals surface area contributed by atoms with E-state index in [4.69, 9.17) is 5.10 Å². The number of amides is 1. The molecule has 26 heavy (non-hydrogen) atoms. The largest absolute Gasteiger partial charge is 0.325 e. The average molecular weight is 353 g/mol. The van der Waals surface area contributed by atoms with Crippen molar-refractivity contribution in [2.45, 2.75) is 32.6 Å². The predicted octanol–water partition coefficient (Wildman–Crippen LogP) is 2.24. The summed E-state index contributed by atoms with van der Waals surface area (Å²) in [6, 6.07) is 7.27. The van der Waals surface area contributed by atoms with E-state index in [9.17, 15) is 9.59 Å². The van der Waals surface area contributed by atoms with Crippen LogP contribution in [0.1, 0.15) is 38.3 Å². The Morgan fingerprint density at radius 3 is 2.81 bits per heavy atom. The van der Waals surface area contributed by atoms with Crippen molar-refractivity contribution in [2.24, 2.45) is 5.92 Å². The maximum absolute atomic E-state index is 12.3. The quantitative estimate of drug-likeness (QED) is 0.673. The van der Waals surface area contributed by atoms with Crippen LogP contribution in [0.3, 0.4) is 0 Å². The first-order chi connectivity index (χ1) is 12.5. The van der Waals surface area contributed by atoms with Crippen molar-refractivity contribution in [3.63, 3.8) is 0 Å². The summed E-state index contributed by atoms with van der Waals surface area (Å²) in [5.74, 6) is 0.106. The predicted molar refractivity (Wildman–Crippen MR) is 102 cm³/mol. The van der Waals surface area contributed by atoms with Gasteiger partial charge in [-0.3, -0.25) is 9.59 Å². The molecule has 0 unspecified atom stereocenters. The summed E-state index contributed by atoms with van der Waals surface area (Å²) >= 11 is 0. The van der Waals surface area contributed by atoms with Crippen LogP contribution in [0.15, 0.2) is 29.1 Å². The zero-order valence-electron chi connectivity index (χ0n) is 15.0. The highest BCUT2D eigenvalue weighted by atomic mass is 16.1. The van der Waals surface area contributed by atoms with Crippen LogP contribution >= 0.6 is 0 Å². The lowest BCUT2D eigenvalue weighted by Crippen LogP contribution is -2.28. The summed E-state index contributed by atoms with van der Waals surface area (Å²) in [5.41, 5.74) is 2.86. The molecule has 1 amide bonds. The molecule has 0 aliphatic carbocycles. The topological polar surface area (TPSA) is 91.3 Å². The van der Waals surface area contributed by atoms with Gasteiger partial charge in [0.25, 0.3) is 5.56 Å². The van der Waals surface area contributed by atoms with Crippen molar-refractivity contribution in [3.8, 4) is 0 Å². The van der Waals surface area contributed by atoms with Crippen molar-refractivity contribution < 1.29 is 4.79 Å². The lowest BCUT2D eigenvalue weighted by Gasteiger charge is -2.23. The maximum Gasteiger partial charge on any atom is 0.251 e. The molecule has 0 radical (unpaired) electrons. The Morgan fingerprint density at radius 1 is 1.31 bits per heavy atom. The number of carbonyl (C=O) groups excluding carboxylic acids is 1. The SMILES string of the molecule is CC(C)C(=O)Nc1cccc2nn3c(C4CCNCC4)cc(=O)[nH]c3c12. The second-order valence-corrected chi connectivity index (χ2v) is 7.19. The number of nitrogens with one attached hydrogen (secondary N) is 3. The molecule has 1 fully saturated rings. The lowest BCUT2D eigenvalue weighted by atomic mass is 9.94. The molecule has 2 aromatic heterocycles. The van der Waals surface area contributed by atoms with E-state index in [2.05, 4.69) is 15.6 Å². The van der Waals surface area contributed by atoms with Crippen molar-refractivity contribution in [1.82, 2.24) is 19.9 Å². The first-order valence-electron chi connectivity index (χ1n) is 9.11. The summed E-state index contributed by atoms with van der Waals surface area (Å²) < 4.78 is 1.84. The fourth-order valence-corrected chi connectivity index (χ4v) is 3.58. The molecule has 7 heteroatoms. The highest BCUT2D eigenvalue weighted by Crippen LogP contribution is 2.30. The fourth-order valence-electron chi connectivity index (χ4n) is 3.58. The van der Waals surface area contributed by atoms with Gasteiger partial charge < -0.3 is 15.6 Å². The molecule has 3 N–H and O–H groups in total. The van der Waals surface area contributed by atoms with E-state index in [1.165, 1.54) is 0 Å². The van der Waals surface area contributed by atoms with Crippen LogP contribution in [-0.4, -0.2) is 33.6 Å². The molecule has 1 aliphatic heterocycles. The van der Waals surface area contributed by atoms with Gasteiger partial charge >= 0.3 is 0 Å². The first kappa shape index (κ1) is 16.8. The zero-order chi connectivity index (χ0) is 18.3. The standard InChI is InChI=1S/C19H23N5O2/c1-11(2)19(26)21-13-4-3-5-14-17(13)18-22-16(25)10-15(24(18)23-14)12-6-8-20-9-7-12/h3-5,10-12,20H,6-9H2,1-2H3,(H,21,26)(H,22,25). The number of aromatic amines is 1. The Morgan fingerprint density at radius 2 is 2.08 bits per heavy atom. The number of fused-ring (bicyclic) bond motifs is 3. The minimum absolute atomic E-state index is 0.0614. The van der Waals surface area contributed by atoms with Crippen molar-refractivity contribution in [2.75, 3.05) is 18.4 Å². The monoisotopic (exact) mass is 353 g/mol. The van der Waals surface area contributed by atoms with Gasteiger partial charge in [0.2, 0.25) is 5.91 Å². The van der Waals surface area contributed by atoms with Crippen LogP contribution in [0.2, 0.25) is 0 Å². The molecule has 3 aromatic rings. The summed E-state index contributed by atoms with van der Waals surface area (Å²) in [7, 11) is 0. The highest BCUT2D eigenvalue weighted by molar-refractivity contribution is 6.07. The van der Waals surface area contributed by atoms with Gasteiger partial charge in [0.05, 0.1) is 22.3 Å². The van der Waals surface area contributed by atoms with Gasteiger partial charge in [-0.05, 0) is 38.1 Å². The Hall–Kier alpha value is -2.67. The third-order valence-corrected chi connectivity index (χ3v) is 5.00. The lowest BCUT2D eigenvalue weighted by molar-refractivity contribution is -0.118. The van der Waals surface area contributed by atoms with Crippen molar-refractivity contribution >= 4 is 28.1 Å².